The minimum Gasteiger partial charge on any atom is -0.394 e. The Balaban J connectivity index is 2.13. The van der Waals surface area contributed by atoms with E-state index in [0.29, 0.717) is 0 Å². The molecule has 11 heteroatoms. The third-order valence-electron chi connectivity index (χ3n) is 4.29. The zero-order valence-corrected chi connectivity index (χ0v) is 12.0. The fourth-order valence-electron chi connectivity index (χ4n) is 2.74. The minimum atomic E-state index is -1.79. The monoisotopic (exact) mass is 341 g/mol. The average Bonchev–Trinajstić information content (AvgIpc) is 2.54. The first-order valence-corrected chi connectivity index (χ1v) is 7.14. The van der Waals surface area contributed by atoms with Crippen LogP contribution in [0.3, 0.4) is 0 Å². The number of hydrogen-bond donors (Lipinski definition) is 9. The van der Waals surface area contributed by atoms with Crippen LogP contribution in [0.5, 0.6) is 0 Å². The number of aliphatic hydroxyl groups excluding tert-OH is 8. The number of aliphatic hydroxyl groups is 8. The Kier molecular flexibility index (Phi) is 5.92. The third kappa shape index (κ3) is 3.36. The molecule has 2 fully saturated rings. The van der Waals surface area contributed by atoms with Crippen molar-refractivity contribution in [3.63, 3.8) is 0 Å². The molecule has 10 N–H and O–H groups in total. The van der Waals surface area contributed by atoms with Crippen LogP contribution < -0.4 is 5.73 Å². The molecule has 1 aliphatic carbocycles. The Bertz CT molecular complexity index is 382. The van der Waals surface area contributed by atoms with Gasteiger partial charge in [0.1, 0.15) is 54.9 Å². The van der Waals surface area contributed by atoms with Crippen LogP contribution in [0.4, 0.5) is 0 Å². The highest BCUT2D eigenvalue weighted by Gasteiger charge is 2.52. The van der Waals surface area contributed by atoms with E-state index in [2.05, 4.69) is 0 Å². The summed E-state index contributed by atoms with van der Waals surface area (Å²) in [5.74, 6) is 0. The van der Waals surface area contributed by atoms with Gasteiger partial charge in [-0.25, -0.2) is 0 Å². The van der Waals surface area contributed by atoms with Gasteiger partial charge in [0.25, 0.3) is 0 Å². The molecule has 5 unspecified atom stereocenters. The lowest BCUT2D eigenvalue weighted by molar-refractivity contribution is -0.316. The van der Waals surface area contributed by atoms with Crippen LogP contribution >= 0.6 is 0 Å². The van der Waals surface area contributed by atoms with E-state index in [9.17, 15) is 35.7 Å². The summed E-state index contributed by atoms with van der Waals surface area (Å²) in [4.78, 5) is 0. The molecular weight excluding hydrogens is 318 g/mol. The highest BCUT2D eigenvalue weighted by atomic mass is 16.7. The molecular formula is C12H23NO10. The summed E-state index contributed by atoms with van der Waals surface area (Å²) in [6.07, 6.45) is -16.1. The van der Waals surface area contributed by atoms with Gasteiger partial charge in [-0.05, 0) is 0 Å². The van der Waals surface area contributed by atoms with Crippen molar-refractivity contribution in [3.8, 4) is 0 Å². The molecule has 0 amide bonds. The molecule has 0 aromatic carbocycles. The second-order valence-corrected chi connectivity index (χ2v) is 5.84. The van der Waals surface area contributed by atoms with Gasteiger partial charge in [0, 0.05) is 0 Å². The van der Waals surface area contributed by atoms with E-state index >= 15 is 0 Å². The van der Waals surface area contributed by atoms with E-state index in [1.807, 2.05) is 0 Å². The van der Waals surface area contributed by atoms with Crippen molar-refractivity contribution in [1.82, 2.24) is 0 Å². The van der Waals surface area contributed by atoms with Crippen molar-refractivity contribution in [2.75, 3.05) is 6.61 Å². The van der Waals surface area contributed by atoms with Gasteiger partial charge in [0.05, 0.1) is 12.6 Å². The predicted molar refractivity (Wildman–Crippen MR) is 70.6 cm³/mol. The Hall–Kier alpha value is -0.440. The molecule has 23 heavy (non-hydrogen) atoms. The maximum atomic E-state index is 9.89. The number of ether oxygens (including phenoxy) is 2. The number of rotatable bonds is 3. The maximum Gasteiger partial charge on any atom is 0.176 e. The first-order valence-electron chi connectivity index (χ1n) is 7.14. The first kappa shape index (κ1) is 18.9. The van der Waals surface area contributed by atoms with E-state index in [1.54, 1.807) is 0 Å². The van der Waals surface area contributed by atoms with E-state index in [0.717, 1.165) is 0 Å². The number of hydrogen-bond acceptors (Lipinski definition) is 11. The van der Waals surface area contributed by atoms with Crippen molar-refractivity contribution in [2.45, 2.75) is 67.3 Å². The summed E-state index contributed by atoms with van der Waals surface area (Å²) in [5, 5.41) is 77.1. The lowest BCUT2D eigenvalue weighted by Crippen LogP contribution is -2.68. The van der Waals surface area contributed by atoms with Crippen molar-refractivity contribution in [1.29, 1.82) is 0 Å². The van der Waals surface area contributed by atoms with Crippen LogP contribution in [0, 0.1) is 0 Å². The lowest BCUT2D eigenvalue weighted by atomic mass is 9.84. The summed E-state index contributed by atoms with van der Waals surface area (Å²) in [5.41, 5.74) is 5.66. The van der Waals surface area contributed by atoms with E-state index in [4.69, 9.17) is 20.3 Å². The van der Waals surface area contributed by atoms with E-state index in [1.165, 1.54) is 0 Å². The molecule has 0 aromatic heterocycles. The van der Waals surface area contributed by atoms with Gasteiger partial charge in [-0.1, -0.05) is 0 Å². The summed E-state index contributed by atoms with van der Waals surface area (Å²) in [6, 6.07) is -1.28. The van der Waals surface area contributed by atoms with E-state index < -0.39 is 73.9 Å². The molecule has 0 radical (unpaired) electrons. The molecule has 2 aliphatic rings. The van der Waals surface area contributed by atoms with Gasteiger partial charge in [-0.3, -0.25) is 0 Å². The van der Waals surface area contributed by atoms with Gasteiger partial charge in [-0.2, -0.15) is 0 Å². The van der Waals surface area contributed by atoms with E-state index in [-0.39, 0.29) is 0 Å². The van der Waals surface area contributed by atoms with Crippen LogP contribution in [0.2, 0.25) is 0 Å². The zero-order valence-electron chi connectivity index (χ0n) is 12.0. The predicted octanol–water partition coefficient (Wildman–Crippen LogP) is -6.04. The fraction of sp³-hybridized carbons (Fsp3) is 1.00. The molecule has 0 spiro atoms. The fourth-order valence-corrected chi connectivity index (χ4v) is 2.74. The van der Waals surface area contributed by atoms with Gasteiger partial charge in [-0.15, -0.1) is 0 Å². The Morgan fingerprint density at radius 3 is 1.70 bits per heavy atom. The summed E-state index contributed by atoms with van der Waals surface area (Å²) in [7, 11) is 0. The van der Waals surface area contributed by atoms with Crippen LogP contribution in [0.15, 0.2) is 0 Å². The highest BCUT2D eigenvalue weighted by molar-refractivity contribution is 5.00. The Morgan fingerprint density at radius 2 is 1.22 bits per heavy atom. The SMILES string of the molecule is N[C@H]1C(OC2C(O)C(O)C(O)C(O)C2O)O[C@H](CO)[C@@H](O)[C@@H]1O. The molecule has 11 nitrogen and oxygen atoms in total. The summed E-state index contributed by atoms with van der Waals surface area (Å²) in [6.45, 7) is -0.648. The standard InChI is InChI=1S/C12H23NO10/c13-3-5(16)4(15)2(1-14)22-12(3)23-11-9(20)7(18)6(17)8(19)10(11)21/h2-12,14-21H,1,13H2/t2-,3-,4-,5-,6?,7?,8?,9?,10?,11?,12?/m1/s1. The average molecular weight is 341 g/mol. The second kappa shape index (κ2) is 7.21. The molecule has 1 heterocycles. The maximum absolute atomic E-state index is 9.89. The van der Waals surface area contributed by atoms with Crippen LogP contribution in [-0.2, 0) is 9.47 Å². The first-order chi connectivity index (χ1) is 10.7. The molecule has 1 aliphatic heterocycles. The van der Waals surface area contributed by atoms with Crippen molar-refractivity contribution in [2.24, 2.45) is 5.73 Å². The highest BCUT2D eigenvalue weighted by Crippen LogP contribution is 2.28. The van der Waals surface area contributed by atoms with Gasteiger partial charge >= 0.3 is 0 Å². The van der Waals surface area contributed by atoms with Crippen LogP contribution in [-0.4, -0.2) is 115 Å². The molecule has 136 valence electrons. The summed E-state index contributed by atoms with van der Waals surface area (Å²) < 4.78 is 10.4. The van der Waals surface area contributed by atoms with Gasteiger partial charge in [0.2, 0.25) is 0 Å². The smallest absolute Gasteiger partial charge is 0.176 e. The van der Waals surface area contributed by atoms with Crippen molar-refractivity contribution >= 4 is 0 Å². The van der Waals surface area contributed by atoms with Gasteiger partial charge in [0.15, 0.2) is 6.29 Å². The van der Waals surface area contributed by atoms with Crippen LogP contribution in [0.1, 0.15) is 0 Å². The lowest BCUT2D eigenvalue weighted by Gasteiger charge is -2.46. The normalized spacial score (nSPS) is 54.9. The van der Waals surface area contributed by atoms with Gasteiger partial charge < -0.3 is 56.1 Å². The quantitative estimate of drug-likeness (QED) is 0.236. The van der Waals surface area contributed by atoms with Crippen molar-refractivity contribution in [3.05, 3.63) is 0 Å². The summed E-state index contributed by atoms with van der Waals surface area (Å²) >= 11 is 0. The molecule has 0 bridgehead atoms. The zero-order chi connectivity index (χ0) is 17.5. The Morgan fingerprint density at radius 1 is 0.739 bits per heavy atom. The third-order valence-corrected chi connectivity index (χ3v) is 4.29. The van der Waals surface area contributed by atoms with Crippen molar-refractivity contribution < 1.29 is 50.3 Å². The van der Waals surface area contributed by atoms with Crippen LogP contribution in [0.25, 0.3) is 0 Å². The number of nitrogens with two attached hydrogens (primary N) is 1. The molecule has 1 saturated carbocycles. The second-order valence-electron chi connectivity index (χ2n) is 5.84. The molecule has 0 aromatic rings. The molecule has 9 atom stereocenters. The largest absolute Gasteiger partial charge is 0.394 e. The molecule has 1 saturated heterocycles. The topological polar surface area (TPSA) is 206 Å². The minimum absolute atomic E-state index is 0.648. The molecule has 2 rings (SSSR count). The Labute approximate surface area is 131 Å².